The van der Waals surface area contributed by atoms with E-state index in [4.69, 9.17) is 0 Å². The number of carbonyl (C=O) groups excluding carboxylic acids is 2. The molecule has 154 valence electrons. The van der Waals surface area contributed by atoms with Gasteiger partial charge in [0.05, 0.1) is 5.69 Å². The number of hydrogen-bond acceptors (Lipinski definition) is 3. The molecule has 0 N–H and O–H groups in total. The largest absolute Gasteiger partial charge is 0.336 e. The van der Waals surface area contributed by atoms with Crippen molar-refractivity contribution in [2.75, 3.05) is 19.6 Å². The van der Waals surface area contributed by atoms with Crippen LogP contribution in [0.5, 0.6) is 0 Å². The molecule has 6 nitrogen and oxygen atoms in total. The molecule has 2 atom stereocenters. The van der Waals surface area contributed by atoms with Crippen LogP contribution in [0.1, 0.15) is 44.9 Å². The molecule has 3 aliphatic rings. The summed E-state index contributed by atoms with van der Waals surface area (Å²) in [5, 5.41) is 0. The fraction of sp³-hybridized carbons (Fsp3) is 0.375. The van der Waals surface area contributed by atoms with Gasteiger partial charge in [0.15, 0.2) is 0 Å². The molecule has 0 saturated carbocycles. The van der Waals surface area contributed by atoms with Gasteiger partial charge >= 0.3 is 0 Å². The van der Waals surface area contributed by atoms with Crippen LogP contribution in [0.15, 0.2) is 48.7 Å². The van der Waals surface area contributed by atoms with Gasteiger partial charge in [0.1, 0.15) is 11.3 Å². The third-order valence-electron chi connectivity index (χ3n) is 6.44. The lowest BCUT2D eigenvalue weighted by Gasteiger charge is -2.36. The van der Waals surface area contributed by atoms with E-state index in [0.717, 1.165) is 29.7 Å². The van der Waals surface area contributed by atoms with Crippen LogP contribution >= 0.6 is 0 Å². The summed E-state index contributed by atoms with van der Waals surface area (Å²) in [4.78, 5) is 35.2. The van der Waals surface area contributed by atoms with Crippen molar-refractivity contribution in [1.82, 2.24) is 19.2 Å². The molecule has 0 radical (unpaired) electrons. The maximum Gasteiger partial charge on any atom is 0.273 e. The smallest absolute Gasteiger partial charge is 0.273 e. The zero-order chi connectivity index (χ0) is 20.8. The molecule has 30 heavy (non-hydrogen) atoms. The Balaban J connectivity index is 1.44. The first-order valence-corrected chi connectivity index (χ1v) is 10.6. The number of imidazole rings is 1. The van der Waals surface area contributed by atoms with Crippen LogP contribution in [-0.4, -0.2) is 56.7 Å². The highest BCUT2D eigenvalue weighted by Crippen LogP contribution is 2.30. The number of carbonyl (C=O) groups is 2. The van der Waals surface area contributed by atoms with Crippen LogP contribution in [0, 0.1) is 19.8 Å². The van der Waals surface area contributed by atoms with Crippen molar-refractivity contribution in [3.63, 3.8) is 0 Å². The number of fused-ring (bicyclic) bond motifs is 5. The van der Waals surface area contributed by atoms with Crippen molar-refractivity contribution in [1.29, 1.82) is 0 Å². The summed E-state index contributed by atoms with van der Waals surface area (Å²) < 4.78 is 1.90. The summed E-state index contributed by atoms with van der Waals surface area (Å²) in [6.07, 6.45) is 3.92. The highest BCUT2D eigenvalue weighted by Gasteiger charge is 2.40. The number of piperidine rings is 1. The topological polar surface area (TPSA) is 57.9 Å². The Morgan fingerprint density at radius 2 is 1.77 bits per heavy atom. The number of nitrogens with zero attached hydrogens (tertiary/aromatic N) is 4. The van der Waals surface area contributed by atoms with Crippen LogP contribution in [0.4, 0.5) is 0 Å². The van der Waals surface area contributed by atoms with Crippen LogP contribution in [-0.2, 0) is 0 Å². The van der Waals surface area contributed by atoms with E-state index in [-0.39, 0.29) is 17.9 Å². The molecule has 6 rings (SSSR count). The Morgan fingerprint density at radius 1 is 0.967 bits per heavy atom. The average molecular weight is 402 g/mol. The molecule has 0 aliphatic carbocycles. The minimum absolute atomic E-state index is 0.0209. The number of aromatic nitrogens is 2. The first-order chi connectivity index (χ1) is 14.5. The summed E-state index contributed by atoms with van der Waals surface area (Å²) in [5.74, 6) is 0.387. The number of amides is 2. The predicted octanol–water partition coefficient (Wildman–Crippen LogP) is 3.33. The minimum atomic E-state index is 0.0209. The molecule has 2 amide bonds. The fourth-order valence-corrected chi connectivity index (χ4v) is 4.92. The molecule has 3 fully saturated rings. The van der Waals surface area contributed by atoms with Gasteiger partial charge < -0.3 is 9.80 Å². The van der Waals surface area contributed by atoms with E-state index in [1.54, 1.807) is 0 Å². The van der Waals surface area contributed by atoms with Crippen molar-refractivity contribution in [3.05, 3.63) is 71.2 Å². The van der Waals surface area contributed by atoms with E-state index < -0.39 is 0 Å². The Bertz CT molecular complexity index is 1120. The van der Waals surface area contributed by atoms with Crippen LogP contribution in [0.3, 0.4) is 0 Å². The molecule has 1 aromatic carbocycles. The summed E-state index contributed by atoms with van der Waals surface area (Å²) in [5.41, 5.74) is 4.03. The second-order valence-electron chi connectivity index (χ2n) is 8.61. The summed E-state index contributed by atoms with van der Waals surface area (Å²) in [6, 6.07) is 13.5. The lowest BCUT2D eigenvalue weighted by molar-refractivity contribution is 0.0567. The zero-order valence-corrected chi connectivity index (χ0v) is 17.4. The maximum atomic E-state index is 13.6. The van der Waals surface area contributed by atoms with Gasteiger partial charge in [0, 0.05) is 37.4 Å². The molecule has 0 spiro atoms. The highest BCUT2D eigenvalue weighted by molar-refractivity contribution is 5.96. The summed E-state index contributed by atoms with van der Waals surface area (Å²) in [6.45, 7) is 5.92. The highest BCUT2D eigenvalue weighted by atomic mass is 16.2. The number of benzene rings is 1. The zero-order valence-electron chi connectivity index (χ0n) is 17.4. The lowest BCUT2D eigenvalue weighted by atomic mass is 9.94. The average Bonchev–Trinajstić information content (AvgIpc) is 2.89. The molecule has 2 bridgehead atoms. The predicted molar refractivity (Wildman–Crippen MR) is 115 cm³/mol. The van der Waals surface area contributed by atoms with Gasteiger partial charge in [-0.15, -0.1) is 0 Å². The Hall–Kier alpha value is -3.15. The van der Waals surface area contributed by atoms with E-state index in [9.17, 15) is 9.59 Å². The van der Waals surface area contributed by atoms with Crippen molar-refractivity contribution < 1.29 is 9.59 Å². The lowest BCUT2D eigenvalue weighted by Crippen LogP contribution is -2.48. The molecular weight excluding hydrogens is 376 g/mol. The third kappa shape index (κ3) is 3.16. The van der Waals surface area contributed by atoms with Crippen molar-refractivity contribution in [3.8, 4) is 0 Å². The van der Waals surface area contributed by atoms with Gasteiger partial charge in [0.25, 0.3) is 11.8 Å². The minimum Gasteiger partial charge on any atom is -0.336 e. The molecule has 0 unspecified atom stereocenters. The van der Waals surface area contributed by atoms with Crippen LogP contribution < -0.4 is 0 Å². The quantitative estimate of drug-likeness (QED) is 0.661. The SMILES string of the molecule is Cc1ccn2c(C(=O)N3C[C@H]4CC[C@@H]3CN(C(=O)c3ccccc3)C4)c(C)nc2c1. The Labute approximate surface area is 176 Å². The third-order valence-corrected chi connectivity index (χ3v) is 6.44. The normalized spacial score (nSPS) is 21.1. The van der Waals surface area contributed by atoms with Gasteiger partial charge in [-0.05, 0) is 62.4 Å². The van der Waals surface area contributed by atoms with Gasteiger partial charge in [-0.2, -0.15) is 0 Å². The van der Waals surface area contributed by atoms with Gasteiger partial charge in [-0.25, -0.2) is 4.98 Å². The number of aryl methyl sites for hydroxylation is 2. The Kier molecular flexibility index (Phi) is 4.57. The summed E-state index contributed by atoms with van der Waals surface area (Å²) in [7, 11) is 0. The number of rotatable bonds is 2. The second-order valence-corrected chi connectivity index (χ2v) is 8.61. The molecule has 2 aromatic heterocycles. The standard InChI is InChI=1S/C24H26N4O2/c1-16-10-11-27-21(12-16)25-17(2)22(27)24(30)28-14-18-8-9-20(28)15-26(13-18)23(29)19-6-4-3-5-7-19/h3-7,10-12,18,20H,8-9,13-15H2,1-2H3/t18-,20+/m0/s1. The van der Waals surface area contributed by atoms with E-state index in [1.165, 1.54) is 0 Å². The van der Waals surface area contributed by atoms with Crippen molar-refractivity contribution in [2.45, 2.75) is 32.7 Å². The van der Waals surface area contributed by atoms with Gasteiger partial charge in [-0.3, -0.25) is 14.0 Å². The van der Waals surface area contributed by atoms with Gasteiger partial charge in [-0.1, -0.05) is 18.2 Å². The number of hydrogen-bond donors (Lipinski definition) is 0. The first kappa shape index (κ1) is 18.9. The van der Waals surface area contributed by atoms with E-state index in [0.29, 0.717) is 36.8 Å². The molecule has 3 aromatic rings. The fourth-order valence-electron chi connectivity index (χ4n) is 4.92. The second kappa shape index (κ2) is 7.27. The molecule has 3 aliphatic heterocycles. The number of pyridine rings is 1. The molecule has 3 saturated heterocycles. The molecule has 6 heteroatoms. The van der Waals surface area contributed by atoms with E-state index in [1.807, 2.05) is 76.7 Å². The summed E-state index contributed by atoms with van der Waals surface area (Å²) >= 11 is 0. The first-order valence-electron chi connectivity index (χ1n) is 10.6. The van der Waals surface area contributed by atoms with Gasteiger partial charge in [0.2, 0.25) is 0 Å². The van der Waals surface area contributed by atoms with E-state index >= 15 is 0 Å². The van der Waals surface area contributed by atoms with E-state index in [2.05, 4.69) is 4.98 Å². The van der Waals surface area contributed by atoms with Crippen molar-refractivity contribution in [2.24, 2.45) is 5.92 Å². The molecule has 5 heterocycles. The van der Waals surface area contributed by atoms with Crippen LogP contribution in [0.25, 0.3) is 5.65 Å². The Morgan fingerprint density at radius 3 is 2.57 bits per heavy atom. The maximum absolute atomic E-state index is 13.6. The molecular formula is C24H26N4O2. The van der Waals surface area contributed by atoms with Crippen molar-refractivity contribution >= 4 is 17.5 Å². The van der Waals surface area contributed by atoms with Crippen LogP contribution in [0.2, 0.25) is 0 Å². The monoisotopic (exact) mass is 402 g/mol.